The van der Waals surface area contributed by atoms with Gasteiger partial charge in [-0.25, -0.2) is 0 Å². The summed E-state index contributed by atoms with van der Waals surface area (Å²) in [6, 6.07) is 16.5. The fourth-order valence-corrected chi connectivity index (χ4v) is 2.51. The summed E-state index contributed by atoms with van der Waals surface area (Å²) in [6.45, 7) is 7.00. The average Bonchev–Trinajstić information content (AvgIpc) is 2.64. The minimum Gasteiger partial charge on any atom is -0.345 e. The maximum absolute atomic E-state index is 12.3. The molecule has 1 amide bonds. The van der Waals surface area contributed by atoms with E-state index >= 15 is 0 Å². The third-order valence-electron chi connectivity index (χ3n) is 4.00. The van der Waals surface area contributed by atoms with Crippen molar-refractivity contribution in [3.8, 4) is 0 Å². The minimum atomic E-state index is -0.222. The topological polar surface area (TPSA) is 49.4 Å². The Balaban J connectivity index is 1.96. The van der Waals surface area contributed by atoms with Gasteiger partial charge in [0.15, 0.2) is 5.78 Å². The van der Waals surface area contributed by atoms with Gasteiger partial charge in [-0.1, -0.05) is 56.3 Å². The summed E-state index contributed by atoms with van der Waals surface area (Å²) in [5, 5.41) is 2.70. The van der Waals surface area contributed by atoms with Crippen molar-refractivity contribution < 1.29 is 9.59 Å². The van der Waals surface area contributed by atoms with Crippen LogP contribution < -0.4 is 5.32 Å². The molecule has 4 heteroatoms. The van der Waals surface area contributed by atoms with Gasteiger partial charge in [-0.05, 0) is 30.8 Å². The van der Waals surface area contributed by atoms with Gasteiger partial charge < -0.3 is 5.32 Å². The zero-order valence-corrected chi connectivity index (χ0v) is 14.3. The van der Waals surface area contributed by atoms with Crippen LogP contribution in [0.15, 0.2) is 54.6 Å². The third-order valence-corrected chi connectivity index (χ3v) is 4.00. The molecule has 24 heavy (non-hydrogen) atoms. The number of hydrogen-bond donors (Lipinski definition) is 1. The Hall–Kier alpha value is -2.46. The lowest BCUT2D eigenvalue weighted by Gasteiger charge is -2.18. The number of hydrogen-bond acceptors (Lipinski definition) is 3. The summed E-state index contributed by atoms with van der Waals surface area (Å²) in [5.74, 6) is -0.316. The van der Waals surface area contributed by atoms with Crippen molar-refractivity contribution in [1.82, 2.24) is 10.2 Å². The summed E-state index contributed by atoms with van der Waals surface area (Å²) < 4.78 is 0. The Morgan fingerprint density at radius 3 is 2.25 bits per heavy atom. The number of nitrogens with one attached hydrogen (secondary N) is 1. The first-order chi connectivity index (χ1) is 11.6. The Morgan fingerprint density at radius 1 is 0.917 bits per heavy atom. The predicted octanol–water partition coefficient (Wildman–Crippen LogP) is 3.14. The second-order valence-corrected chi connectivity index (χ2v) is 5.63. The van der Waals surface area contributed by atoms with E-state index in [0.717, 1.165) is 25.2 Å². The number of Topliss-reactive ketones (excluding diaryl/α,β-unsaturated/α-hetero) is 1. The average molecular weight is 324 g/mol. The Kier molecular flexibility index (Phi) is 6.70. The molecule has 0 saturated heterocycles. The van der Waals surface area contributed by atoms with E-state index in [0.29, 0.717) is 11.1 Å². The van der Waals surface area contributed by atoms with Crippen molar-refractivity contribution in [1.29, 1.82) is 0 Å². The van der Waals surface area contributed by atoms with E-state index < -0.39 is 0 Å². The van der Waals surface area contributed by atoms with Crippen LogP contribution in [0.5, 0.6) is 0 Å². The van der Waals surface area contributed by atoms with Crippen LogP contribution in [-0.4, -0.2) is 36.2 Å². The van der Waals surface area contributed by atoms with E-state index in [-0.39, 0.29) is 18.2 Å². The SMILES string of the molecule is CCN(CC)Cc1cccc(C(=O)NCC(=O)c2ccccc2)c1. The molecule has 0 fully saturated rings. The van der Waals surface area contributed by atoms with Gasteiger partial charge in [0, 0.05) is 17.7 Å². The van der Waals surface area contributed by atoms with E-state index in [4.69, 9.17) is 0 Å². The van der Waals surface area contributed by atoms with Crippen LogP contribution in [0, 0.1) is 0 Å². The van der Waals surface area contributed by atoms with Crippen LogP contribution >= 0.6 is 0 Å². The van der Waals surface area contributed by atoms with Gasteiger partial charge in [0.1, 0.15) is 0 Å². The second kappa shape index (κ2) is 8.99. The Labute approximate surface area is 143 Å². The van der Waals surface area contributed by atoms with Gasteiger partial charge in [0.05, 0.1) is 6.54 Å². The predicted molar refractivity (Wildman–Crippen MR) is 96.2 cm³/mol. The fourth-order valence-electron chi connectivity index (χ4n) is 2.51. The largest absolute Gasteiger partial charge is 0.345 e. The molecule has 0 atom stereocenters. The number of ketones is 1. The van der Waals surface area contributed by atoms with E-state index in [1.54, 1.807) is 18.2 Å². The molecule has 0 unspecified atom stereocenters. The molecule has 1 N–H and O–H groups in total. The standard InChI is InChI=1S/C20H24N2O2/c1-3-22(4-2)15-16-9-8-12-18(13-16)20(24)21-14-19(23)17-10-6-5-7-11-17/h5-13H,3-4,14-15H2,1-2H3,(H,21,24). The molecule has 2 aromatic carbocycles. The fraction of sp³-hybridized carbons (Fsp3) is 0.300. The highest BCUT2D eigenvalue weighted by Crippen LogP contribution is 2.09. The van der Waals surface area contributed by atoms with Crippen LogP contribution in [-0.2, 0) is 6.54 Å². The lowest BCUT2D eigenvalue weighted by Crippen LogP contribution is -2.29. The molecule has 0 aromatic heterocycles. The Bertz CT molecular complexity index is 679. The molecule has 0 saturated carbocycles. The van der Waals surface area contributed by atoms with Gasteiger partial charge in [-0.2, -0.15) is 0 Å². The van der Waals surface area contributed by atoms with Crippen molar-refractivity contribution in [3.63, 3.8) is 0 Å². The highest BCUT2D eigenvalue weighted by Gasteiger charge is 2.10. The van der Waals surface area contributed by atoms with E-state index in [2.05, 4.69) is 24.1 Å². The van der Waals surface area contributed by atoms with Crippen LogP contribution in [0.25, 0.3) is 0 Å². The molecule has 0 aliphatic carbocycles. The van der Waals surface area contributed by atoms with Gasteiger partial charge >= 0.3 is 0 Å². The zero-order chi connectivity index (χ0) is 17.4. The molecule has 0 aliphatic heterocycles. The molecule has 0 radical (unpaired) electrons. The molecule has 2 rings (SSSR count). The molecule has 0 heterocycles. The van der Waals surface area contributed by atoms with Crippen molar-refractivity contribution in [2.24, 2.45) is 0 Å². The van der Waals surface area contributed by atoms with Crippen LogP contribution in [0.3, 0.4) is 0 Å². The zero-order valence-electron chi connectivity index (χ0n) is 14.3. The Morgan fingerprint density at radius 2 is 1.58 bits per heavy atom. The van der Waals surface area contributed by atoms with Gasteiger partial charge in [0.2, 0.25) is 0 Å². The van der Waals surface area contributed by atoms with Crippen molar-refractivity contribution in [2.45, 2.75) is 20.4 Å². The normalized spacial score (nSPS) is 10.6. The second-order valence-electron chi connectivity index (χ2n) is 5.63. The maximum atomic E-state index is 12.3. The number of benzene rings is 2. The molecule has 0 aliphatic rings. The summed E-state index contributed by atoms with van der Waals surface area (Å²) in [5.41, 5.74) is 2.29. The summed E-state index contributed by atoms with van der Waals surface area (Å²) in [7, 11) is 0. The van der Waals surface area contributed by atoms with E-state index in [1.165, 1.54) is 0 Å². The molecule has 126 valence electrons. The maximum Gasteiger partial charge on any atom is 0.251 e. The molecule has 0 spiro atoms. The molecule has 4 nitrogen and oxygen atoms in total. The molecular formula is C20H24N2O2. The molecule has 0 bridgehead atoms. The quantitative estimate of drug-likeness (QED) is 0.759. The summed E-state index contributed by atoms with van der Waals surface area (Å²) in [6.07, 6.45) is 0. The first-order valence-corrected chi connectivity index (χ1v) is 8.31. The first kappa shape index (κ1) is 17.9. The van der Waals surface area contributed by atoms with Gasteiger partial charge in [-0.3, -0.25) is 14.5 Å². The van der Waals surface area contributed by atoms with Crippen molar-refractivity contribution >= 4 is 11.7 Å². The third kappa shape index (κ3) is 5.03. The lowest BCUT2D eigenvalue weighted by atomic mass is 10.1. The number of nitrogens with zero attached hydrogens (tertiary/aromatic N) is 1. The number of amides is 1. The highest BCUT2D eigenvalue weighted by molar-refractivity contribution is 6.02. The van der Waals surface area contributed by atoms with Crippen molar-refractivity contribution in [3.05, 3.63) is 71.3 Å². The number of rotatable bonds is 8. The summed E-state index contributed by atoms with van der Waals surface area (Å²) >= 11 is 0. The summed E-state index contributed by atoms with van der Waals surface area (Å²) in [4.78, 5) is 26.6. The monoisotopic (exact) mass is 324 g/mol. The van der Waals surface area contributed by atoms with Gasteiger partial charge in [-0.15, -0.1) is 0 Å². The van der Waals surface area contributed by atoms with Gasteiger partial charge in [0.25, 0.3) is 5.91 Å². The minimum absolute atomic E-state index is 0.00309. The van der Waals surface area contributed by atoms with Crippen LogP contribution in [0.1, 0.15) is 40.1 Å². The number of carbonyl (C=O) groups excluding carboxylic acids is 2. The van der Waals surface area contributed by atoms with E-state index in [9.17, 15) is 9.59 Å². The van der Waals surface area contributed by atoms with Crippen LogP contribution in [0.2, 0.25) is 0 Å². The van der Waals surface area contributed by atoms with E-state index in [1.807, 2.05) is 36.4 Å². The van der Waals surface area contributed by atoms with Crippen LogP contribution in [0.4, 0.5) is 0 Å². The lowest BCUT2D eigenvalue weighted by molar-refractivity contribution is 0.0904. The first-order valence-electron chi connectivity index (χ1n) is 8.31. The molecular weight excluding hydrogens is 300 g/mol. The number of carbonyl (C=O) groups is 2. The highest BCUT2D eigenvalue weighted by atomic mass is 16.2. The molecule has 2 aromatic rings. The van der Waals surface area contributed by atoms with Crippen molar-refractivity contribution in [2.75, 3.05) is 19.6 Å². The smallest absolute Gasteiger partial charge is 0.251 e.